The van der Waals surface area contributed by atoms with Gasteiger partial charge in [-0.25, -0.2) is 13.0 Å². The third-order valence-electron chi connectivity index (χ3n) is 5.35. The maximum Gasteiger partial charge on any atom is 0.282 e. The highest BCUT2D eigenvalue weighted by molar-refractivity contribution is 7.89. The van der Waals surface area contributed by atoms with Crippen LogP contribution in [0.15, 0.2) is 126 Å². The van der Waals surface area contributed by atoms with Crippen LogP contribution in [0.1, 0.15) is 16.7 Å². The summed E-state index contributed by atoms with van der Waals surface area (Å²) < 4.78 is 27.1. The van der Waals surface area contributed by atoms with Crippen molar-refractivity contribution in [1.29, 1.82) is 0 Å². The van der Waals surface area contributed by atoms with Crippen molar-refractivity contribution in [3.8, 4) is 0 Å². The molecule has 0 bridgehead atoms. The molecule has 170 valence electrons. The number of nitrogens with one attached hydrogen (secondary N) is 1. The SMILES string of the molecule is O=S(=O)(N[N+](Cc1ccccc1)(Cc1ccccc1)Cc1ccccc1)c1ccccc1.[Cl-]. The molecule has 0 spiro atoms. The zero-order valence-electron chi connectivity index (χ0n) is 18.2. The minimum absolute atomic E-state index is 0. The summed E-state index contributed by atoms with van der Waals surface area (Å²) in [5.41, 5.74) is 3.19. The Hall–Kier alpha value is -2.96. The van der Waals surface area contributed by atoms with E-state index in [-0.39, 0.29) is 21.9 Å². The molecule has 0 aliphatic carbocycles. The zero-order chi connectivity index (χ0) is 22.3. The molecule has 33 heavy (non-hydrogen) atoms. The predicted octanol–water partition coefficient (Wildman–Crippen LogP) is 2.30. The molecule has 0 aliphatic heterocycles. The number of halogens is 1. The van der Waals surface area contributed by atoms with E-state index in [1.54, 1.807) is 24.3 Å². The quantitative estimate of drug-likeness (QED) is 0.296. The molecular weight excluding hydrogens is 452 g/mol. The van der Waals surface area contributed by atoms with Gasteiger partial charge in [0.25, 0.3) is 10.0 Å². The van der Waals surface area contributed by atoms with Gasteiger partial charge in [-0.05, 0) is 12.1 Å². The Bertz CT molecular complexity index is 1120. The summed E-state index contributed by atoms with van der Waals surface area (Å²) in [6.45, 7) is 1.53. The standard InChI is InChI=1S/C27H27N2O2S.ClH/c30-32(31,27-19-11-4-12-20-27)28-29(21-24-13-5-1-6-14-24,22-25-15-7-2-8-16-25)23-26-17-9-3-10-18-26;/h1-20,28H,21-23H2;1H/q+1;/p-1. The molecule has 0 heterocycles. The second-order valence-electron chi connectivity index (χ2n) is 7.98. The molecule has 0 saturated heterocycles. The van der Waals surface area contributed by atoms with E-state index in [1.807, 2.05) is 97.1 Å². The number of hydrogen-bond acceptors (Lipinski definition) is 2. The molecule has 1 N–H and O–H groups in total. The van der Waals surface area contributed by atoms with Crippen LogP contribution >= 0.6 is 0 Å². The van der Waals surface area contributed by atoms with E-state index in [1.165, 1.54) is 0 Å². The van der Waals surface area contributed by atoms with Crippen molar-refractivity contribution in [2.45, 2.75) is 24.5 Å². The smallest absolute Gasteiger partial charge is 0.282 e. The lowest BCUT2D eigenvalue weighted by Crippen LogP contribution is -3.00. The van der Waals surface area contributed by atoms with Crippen LogP contribution in [-0.2, 0) is 29.7 Å². The third-order valence-corrected chi connectivity index (χ3v) is 6.87. The molecule has 0 aliphatic rings. The average molecular weight is 479 g/mol. The molecule has 0 amide bonds. The van der Waals surface area contributed by atoms with Crippen molar-refractivity contribution in [2.24, 2.45) is 0 Å². The normalized spacial score (nSPS) is 11.5. The molecule has 0 atom stereocenters. The van der Waals surface area contributed by atoms with Crippen LogP contribution in [-0.4, -0.2) is 13.0 Å². The highest BCUT2D eigenvalue weighted by Gasteiger charge is 2.35. The minimum Gasteiger partial charge on any atom is -1.00 e. The second kappa shape index (κ2) is 11.3. The van der Waals surface area contributed by atoms with Crippen LogP contribution in [0.2, 0.25) is 0 Å². The molecule has 0 aromatic heterocycles. The van der Waals surface area contributed by atoms with E-state index in [9.17, 15) is 8.42 Å². The first-order valence-corrected chi connectivity index (χ1v) is 12.1. The summed E-state index contributed by atoms with van der Waals surface area (Å²) in [5, 5.41) is 0. The topological polar surface area (TPSA) is 46.2 Å². The van der Waals surface area contributed by atoms with Crippen molar-refractivity contribution >= 4 is 10.0 Å². The van der Waals surface area contributed by atoms with Gasteiger partial charge >= 0.3 is 0 Å². The number of quaternary nitrogens is 1. The Morgan fingerprint density at radius 2 is 0.818 bits per heavy atom. The first-order valence-electron chi connectivity index (χ1n) is 10.6. The first-order chi connectivity index (χ1) is 15.5. The Morgan fingerprint density at radius 3 is 1.15 bits per heavy atom. The van der Waals surface area contributed by atoms with Crippen LogP contribution in [0.25, 0.3) is 0 Å². The number of rotatable bonds is 9. The zero-order valence-corrected chi connectivity index (χ0v) is 19.8. The van der Waals surface area contributed by atoms with Crippen molar-refractivity contribution in [3.63, 3.8) is 0 Å². The van der Waals surface area contributed by atoms with Crippen LogP contribution in [0.4, 0.5) is 0 Å². The molecule has 6 heteroatoms. The predicted molar refractivity (Wildman–Crippen MR) is 127 cm³/mol. The van der Waals surface area contributed by atoms with Gasteiger partial charge < -0.3 is 12.4 Å². The van der Waals surface area contributed by atoms with E-state index in [4.69, 9.17) is 0 Å². The number of hydrogen-bond donors (Lipinski definition) is 1. The van der Waals surface area contributed by atoms with E-state index in [2.05, 4.69) is 4.83 Å². The maximum absolute atomic E-state index is 13.5. The Kier molecular flexibility index (Phi) is 8.42. The fourth-order valence-electron chi connectivity index (χ4n) is 3.97. The van der Waals surface area contributed by atoms with Gasteiger partial charge in [-0.15, -0.1) is 0 Å². The molecule has 0 radical (unpaired) electrons. The number of sulfonamides is 1. The van der Waals surface area contributed by atoms with Gasteiger partial charge in [0.2, 0.25) is 0 Å². The highest BCUT2D eigenvalue weighted by Crippen LogP contribution is 2.24. The van der Waals surface area contributed by atoms with Gasteiger partial charge in [0.15, 0.2) is 0 Å². The fraction of sp³-hybridized carbons (Fsp3) is 0.111. The van der Waals surface area contributed by atoms with E-state index < -0.39 is 10.0 Å². The number of nitrogens with zero attached hydrogens (tertiary/aromatic N) is 1. The van der Waals surface area contributed by atoms with Gasteiger partial charge in [0, 0.05) is 16.7 Å². The first kappa shape index (κ1) is 24.7. The summed E-state index contributed by atoms with van der Waals surface area (Å²) in [5.74, 6) is 0. The van der Waals surface area contributed by atoms with Crippen LogP contribution < -0.4 is 17.2 Å². The van der Waals surface area contributed by atoms with Crippen LogP contribution in [0.5, 0.6) is 0 Å². The largest absolute Gasteiger partial charge is 1.00 e. The van der Waals surface area contributed by atoms with Crippen molar-refractivity contribution in [3.05, 3.63) is 138 Å². The Labute approximate surface area is 202 Å². The lowest BCUT2D eigenvalue weighted by molar-refractivity contribution is -0.993. The van der Waals surface area contributed by atoms with Gasteiger partial charge in [0.05, 0.1) is 4.90 Å². The van der Waals surface area contributed by atoms with Crippen LogP contribution in [0.3, 0.4) is 0 Å². The summed E-state index contributed by atoms with van der Waals surface area (Å²) in [6.07, 6.45) is 0. The van der Waals surface area contributed by atoms with Crippen molar-refractivity contribution in [2.75, 3.05) is 0 Å². The molecular formula is C27H27ClN2O2S. The minimum atomic E-state index is -3.76. The second-order valence-corrected chi connectivity index (χ2v) is 9.64. The van der Waals surface area contributed by atoms with Gasteiger partial charge in [-0.2, -0.15) is 0 Å². The summed E-state index contributed by atoms with van der Waals surface area (Å²) in [4.78, 5) is 3.34. The average Bonchev–Trinajstić information content (AvgIpc) is 2.81. The third kappa shape index (κ3) is 6.76. The maximum atomic E-state index is 13.5. The monoisotopic (exact) mass is 478 g/mol. The van der Waals surface area contributed by atoms with Gasteiger partial charge in [-0.3, -0.25) is 0 Å². The number of benzene rings is 4. The molecule has 4 rings (SSSR count). The van der Waals surface area contributed by atoms with E-state index >= 15 is 0 Å². The molecule has 0 unspecified atom stereocenters. The van der Waals surface area contributed by atoms with Crippen LogP contribution in [0, 0.1) is 0 Å². The summed E-state index contributed by atoms with van der Waals surface area (Å²) >= 11 is 0. The van der Waals surface area contributed by atoms with E-state index in [0.717, 1.165) is 16.7 Å². The Morgan fingerprint density at radius 1 is 0.515 bits per heavy atom. The summed E-state index contributed by atoms with van der Waals surface area (Å²) in [7, 11) is -3.76. The molecule has 4 aromatic rings. The van der Waals surface area contributed by atoms with Crippen molar-refractivity contribution in [1.82, 2.24) is 4.83 Å². The fourth-order valence-corrected chi connectivity index (χ4v) is 5.29. The summed E-state index contributed by atoms with van der Waals surface area (Å²) in [6, 6.07) is 38.7. The lowest BCUT2D eigenvalue weighted by Gasteiger charge is -2.37. The molecule has 4 nitrogen and oxygen atoms in total. The molecule has 0 saturated carbocycles. The highest BCUT2D eigenvalue weighted by atomic mass is 35.5. The Balaban J connectivity index is 0.00000306. The van der Waals surface area contributed by atoms with Crippen molar-refractivity contribution < 1.29 is 25.4 Å². The lowest BCUT2D eigenvalue weighted by atomic mass is 10.1. The van der Waals surface area contributed by atoms with E-state index in [0.29, 0.717) is 19.6 Å². The van der Waals surface area contributed by atoms with Gasteiger partial charge in [-0.1, -0.05) is 114 Å². The van der Waals surface area contributed by atoms with Gasteiger partial charge in [0.1, 0.15) is 19.6 Å². The molecule has 4 aromatic carbocycles. The molecule has 0 fully saturated rings.